The van der Waals surface area contributed by atoms with Crippen molar-refractivity contribution in [2.75, 3.05) is 19.6 Å². The van der Waals surface area contributed by atoms with Gasteiger partial charge in [0.15, 0.2) is 0 Å². The van der Waals surface area contributed by atoms with Gasteiger partial charge in [-0.15, -0.1) is 0 Å². The number of rotatable bonds is 19. The van der Waals surface area contributed by atoms with E-state index in [1.807, 2.05) is 88.1 Å². The Morgan fingerprint density at radius 2 is 1.15 bits per heavy atom. The van der Waals surface area contributed by atoms with Gasteiger partial charge in [-0.25, -0.2) is 15.4 Å². The molecule has 0 saturated carbocycles. The molecule has 0 fully saturated rings. The van der Waals surface area contributed by atoms with Gasteiger partial charge in [0.25, 0.3) is 0 Å². The van der Waals surface area contributed by atoms with Crippen molar-refractivity contribution < 1.29 is 26.6 Å². The van der Waals surface area contributed by atoms with Gasteiger partial charge in [-0.3, -0.25) is 0 Å². The molecule has 0 aliphatic carbocycles. The molecule has 0 amide bonds. The molecule has 0 spiro atoms. The lowest BCUT2D eigenvalue weighted by Gasteiger charge is -2.45. The summed E-state index contributed by atoms with van der Waals surface area (Å²) < 4.78 is 39.6. The normalized spacial score (nSPS) is 17.2. The minimum atomic E-state index is -3.67. The molecular formula is C26H58N6O6Si2. The third-order valence-electron chi connectivity index (χ3n) is 4.85. The van der Waals surface area contributed by atoms with Gasteiger partial charge in [-0.05, 0) is 89.5 Å². The molecule has 4 N–H and O–H groups in total. The Morgan fingerprint density at radius 3 is 1.50 bits per heavy atom. The quantitative estimate of drug-likeness (QED) is 0.188. The van der Waals surface area contributed by atoms with Gasteiger partial charge in [0.05, 0.1) is 0 Å². The lowest BCUT2D eigenvalue weighted by atomic mass is 10.5. The van der Waals surface area contributed by atoms with E-state index < -0.39 is 23.4 Å². The molecule has 1 heterocycles. The standard InChI is InChI=1S/C26H58N6O6Si2/c1-14-16-29-32-24(28-17-15-27)30-25(39(33-18(2)3,34-19(4)5)35-20(6)7)31-26(32)40(36-21(8)9,37-22(10)11)38-23(12)13/h18-23,26,29H,14-17,27H2,1-13H3,(H,28,30,31). The molecule has 0 aromatic carbocycles. The lowest BCUT2D eigenvalue weighted by molar-refractivity contribution is -0.0188. The fraction of sp³-hybridized carbons (Fsp3) is 0.923. The maximum absolute atomic E-state index is 6.66. The van der Waals surface area contributed by atoms with Gasteiger partial charge >= 0.3 is 17.6 Å². The zero-order valence-corrected chi connectivity index (χ0v) is 29.2. The monoisotopic (exact) mass is 606 g/mol. The van der Waals surface area contributed by atoms with Crippen molar-refractivity contribution in [3.8, 4) is 0 Å². The highest BCUT2D eigenvalue weighted by molar-refractivity contribution is 6.94. The minimum Gasteiger partial charge on any atom is -0.369 e. The molecule has 1 rings (SSSR count). The molecule has 0 aromatic rings. The average Bonchev–Trinajstić information content (AvgIpc) is 2.78. The van der Waals surface area contributed by atoms with Gasteiger partial charge in [-0.2, -0.15) is 4.99 Å². The van der Waals surface area contributed by atoms with Crippen LogP contribution >= 0.6 is 0 Å². The second kappa shape index (κ2) is 17.2. The first kappa shape index (κ1) is 37.1. The van der Waals surface area contributed by atoms with Crippen LogP contribution in [0.1, 0.15) is 96.4 Å². The number of nitrogens with one attached hydrogen (secondary N) is 2. The molecule has 0 saturated heterocycles. The van der Waals surface area contributed by atoms with Crippen LogP contribution in [0.25, 0.3) is 0 Å². The summed E-state index contributed by atoms with van der Waals surface area (Å²) in [6.07, 6.45) is -0.310. The molecule has 0 bridgehead atoms. The number of amidine groups is 1. The van der Waals surface area contributed by atoms with Gasteiger partial charge in [-0.1, -0.05) is 6.92 Å². The van der Waals surface area contributed by atoms with Crippen molar-refractivity contribution in [3.63, 3.8) is 0 Å². The Bertz CT molecular complexity index is 745. The van der Waals surface area contributed by atoms with Gasteiger partial charge < -0.3 is 37.6 Å². The second-order valence-corrected chi connectivity index (χ2v) is 16.1. The summed E-state index contributed by atoms with van der Waals surface area (Å²) in [5, 5.41) is 5.24. The Hall–Kier alpha value is -0.946. The van der Waals surface area contributed by atoms with Gasteiger partial charge in [0, 0.05) is 56.3 Å². The van der Waals surface area contributed by atoms with Crippen LogP contribution in [0.15, 0.2) is 9.98 Å². The van der Waals surface area contributed by atoms with Crippen molar-refractivity contribution >= 4 is 29.0 Å². The molecule has 1 aliphatic rings. The fourth-order valence-electron chi connectivity index (χ4n) is 3.98. The predicted octanol–water partition coefficient (Wildman–Crippen LogP) is 3.35. The van der Waals surface area contributed by atoms with E-state index in [-0.39, 0.29) is 36.6 Å². The van der Waals surface area contributed by atoms with E-state index in [2.05, 4.69) is 17.7 Å². The fourth-order valence-corrected chi connectivity index (χ4v) is 10.3. The molecule has 12 nitrogen and oxygen atoms in total. The number of aliphatic imine (C=N–C) groups is 2. The van der Waals surface area contributed by atoms with Gasteiger partial charge in [0.2, 0.25) is 17.2 Å². The van der Waals surface area contributed by atoms with E-state index in [9.17, 15) is 0 Å². The summed E-state index contributed by atoms with van der Waals surface area (Å²) in [5.41, 5.74) is 9.73. The zero-order valence-electron chi connectivity index (χ0n) is 27.2. The number of nitrogens with two attached hydrogens (primary N) is 1. The van der Waals surface area contributed by atoms with E-state index in [1.165, 1.54) is 0 Å². The van der Waals surface area contributed by atoms with Crippen molar-refractivity contribution in [1.82, 2.24) is 15.8 Å². The predicted molar refractivity (Wildman–Crippen MR) is 165 cm³/mol. The van der Waals surface area contributed by atoms with E-state index >= 15 is 0 Å². The molecule has 14 heteroatoms. The summed E-state index contributed by atoms with van der Waals surface area (Å²) in [6.45, 7) is 27.2. The van der Waals surface area contributed by atoms with Crippen molar-refractivity contribution in [1.29, 1.82) is 0 Å². The highest BCUT2D eigenvalue weighted by Crippen LogP contribution is 2.30. The third-order valence-corrected chi connectivity index (χ3v) is 11.4. The third kappa shape index (κ3) is 11.4. The van der Waals surface area contributed by atoms with Crippen LogP contribution in [0.3, 0.4) is 0 Å². The largest absolute Gasteiger partial charge is 0.576 e. The van der Waals surface area contributed by atoms with Crippen LogP contribution in [0, 0.1) is 0 Å². The lowest BCUT2D eigenvalue weighted by Crippen LogP contribution is -2.72. The van der Waals surface area contributed by atoms with E-state index in [0.717, 1.165) is 6.42 Å². The van der Waals surface area contributed by atoms with Crippen LogP contribution in [0.5, 0.6) is 0 Å². The number of hydrazine groups is 1. The SMILES string of the molecule is CCCNN1C(NCCN)=NC([Si](OC(C)C)(OC(C)C)OC(C)C)=NC1[Si](OC(C)C)(OC(C)C)OC(C)C. The molecule has 1 unspecified atom stereocenters. The molecule has 1 atom stereocenters. The van der Waals surface area contributed by atoms with Crippen LogP contribution in [0.4, 0.5) is 0 Å². The van der Waals surface area contributed by atoms with Crippen molar-refractivity contribution in [2.24, 2.45) is 15.7 Å². The molecular weight excluding hydrogens is 548 g/mol. The topological polar surface area (TPSA) is 133 Å². The van der Waals surface area contributed by atoms with E-state index in [1.54, 1.807) is 0 Å². The smallest absolute Gasteiger partial charge is 0.369 e. The summed E-state index contributed by atoms with van der Waals surface area (Å²) >= 11 is 0. The zero-order chi connectivity index (χ0) is 30.7. The minimum absolute atomic E-state index is 0.192. The number of hydrogen-bond donors (Lipinski definition) is 3. The number of hydrogen-bond acceptors (Lipinski definition) is 12. The van der Waals surface area contributed by atoms with Crippen LogP contribution in [-0.2, 0) is 26.6 Å². The Kier molecular flexibility index (Phi) is 16.0. The summed E-state index contributed by atoms with van der Waals surface area (Å²) in [4.78, 5) is 10.2. The summed E-state index contributed by atoms with van der Waals surface area (Å²) in [5.74, 6) is -0.255. The Balaban J connectivity index is 4.11. The Labute approximate surface area is 245 Å². The van der Waals surface area contributed by atoms with Crippen molar-refractivity contribution in [3.05, 3.63) is 0 Å². The summed E-state index contributed by atoms with van der Waals surface area (Å²) in [7, 11) is -7.31. The van der Waals surface area contributed by atoms with Gasteiger partial charge in [0.1, 0.15) is 0 Å². The van der Waals surface area contributed by atoms with E-state index in [0.29, 0.717) is 31.1 Å². The molecule has 0 aromatic heterocycles. The number of nitrogens with zero attached hydrogens (tertiary/aromatic N) is 3. The molecule has 1 aliphatic heterocycles. The van der Waals surface area contributed by atoms with E-state index in [4.69, 9.17) is 42.3 Å². The molecule has 0 radical (unpaired) electrons. The van der Waals surface area contributed by atoms with Crippen molar-refractivity contribution in [2.45, 2.75) is 139 Å². The average molecular weight is 607 g/mol. The van der Waals surface area contributed by atoms with Crippen LogP contribution < -0.4 is 16.5 Å². The Morgan fingerprint density at radius 1 is 0.725 bits per heavy atom. The maximum Gasteiger partial charge on any atom is 0.576 e. The highest BCUT2D eigenvalue weighted by Gasteiger charge is 2.61. The first-order chi connectivity index (χ1) is 18.6. The second-order valence-electron chi connectivity index (χ2n) is 11.4. The number of guanidine groups is 1. The first-order valence-corrected chi connectivity index (χ1v) is 18.3. The molecule has 236 valence electrons. The summed E-state index contributed by atoms with van der Waals surface area (Å²) in [6, 6.07) is 0. The first-order valence-electron chi connectivity index (χ1n) is 14.8. The molecule has 40 heavy (non-hydrogen) atoms. The van der Waals surface area contributed by atoms with Crippen LogP contribution in [0.2, 0.25) is 0 Å². The maximum atomic E-state index is 6.66. The highest BCUT2D eigenvalue weighted by atomic mass is 28.4. The van der Waals surface area contributed by atoms with Crippen LogP contribution in [-0.4, -0.2) is 96.1 Å².